The average molecular weight is 248 g/mol. The Morgan fingerprint density at radius 2 is 1.78 bits per heavy atom. The third-order valence-corrected chi connectivity index (χ3v) is 2.85. The van der Waals surface area contributed by atoms with Crippen molar-refractivity contribution in [1.82, 2.24) is 10.6 Å². The normalized spacial score (nSPS) is 10.4. The first kappa shape index (κ1) is 14.7. The summed E-state index contributed by atoms with van der Waals surface area (Å²) in [7, 11) is 1.90. The van der Waals surface area contributed by atoms with E-state index in [2.05, 4.69) is 42.7 Å². The van der Waals surface area contributed by atoms with Gasteiger partial charge in [0.05, 0.1) is 0 Å². The molecule has 0 aromatic heterocycles. The molecule has 0 fully saturated rings. The third kappa shape index (κ3) is 5.82. The molecule has 0 saturated heterocycles. The number of hydrogen-bond donors (Lipinski definition) is 2. The van der Waals surface area contributed by atoms with Gasteiger partial charge in [-0.1, -0.05) is 29.3 Å². The van der Waals surface area contributed by atoms with Gasteiger partial charge in [0.25, 0.3) is 0 Å². The van der Waals surface area contributed by atoms with Crippen LogP contribution in [0.15, 0.2) is 18.2 Å². The fraction of sp³-hybridized carbons (Fsp3) is 0.533. The maximum absolute atomic E-state index is 11.5. The van der Waals surface area contributed by atoms with Crippen LogP contribution in [-0.4, -0.2) is 26.0 Å². The van der Waals surface area contributed by atoms with Crippen LogP contribution in [0.2, 0.25) is 0 Å². The van der Waals surface area contributed by atoms with Gasteiger partial charge in [0.15, 0.2) is 0 Å². The average Bonchev–Trinajstić information content (AvgIpc) is 2.28. The summed E-state index contributed by atoms with van der Waals surface area (Å²) in [6.07, 6.45) is 2.40. The maximum atomic E-state index is 11.5. The lowest BCUT2D eigenvalue weighted by Gasteiger charge is -2.07. The highest BCUT2D eigenvalue weighted by Gasteiger charge is 2.01. The van der Waals surface area contributed by atoms with Crippen LogP contribution in [0.4, 0.5) is 0 Å². The highest BCUT2D eigenvalue weighted by molar-refractivity contribution is 5.75. The van der Waals surface area contributed by atoms with Crippen LogP contribution in [0.1, 0.15) is 29.5 Å². The van der Waals surface area contributed by atoms with Crippen molar-refractivity contribution >= 4 is 5.91 Å². The molecule has 0 bridgehead atoms. The fourth-order valence-corrected chi connectivity index (χ4v) is 2.07. The van der Waals surface area contributed by atoms with Gasteiger partial charge in [-0.2, -0.15) is 0 Å². The van der Waals surface area contributed by atoms with Crippen LogP contribution >= 0.6 is 0 Å². The lowest BCUT2D eigenvalue weighted by Crippen LogP contribution is -2.26. The first-order valence-electron chi connectivity index (χ1n) is 6.60. The van der Waals surface area contributed by atoms with Crippen LogP contribution in [0, 0.1) is 13.8 Å². The Hall–Kier alpha value is -1.35. The monoisotopic (exact) mass is 248 g/mol. The topological polar surface area (TPSA) is 41.1 Å². The van der Waals surface area contributed by atoms with E-state index in [1.54, 1.807) is 0 Å². The van der Waals surface area contributed by atoms with Crippen molar-refractivity contribution in [2.45, 2.75) is 33.1 Å². The Balaban J connectivity index is 2.26. The van der Waals surface area contributed by atoms with Crippen LogP contribution in [0.25, 0.3) is 0 Å². The zero-order valence-corrected chi connectivity index (χ0v) is 11.7. The van der Waals surface area contributed by atoms with Crippen LogP contribution in [0.3, 0.4) is 0 Å². The zero-order valence-electron chi connectivity index (χ0n) is 11.7. The summed E-state index contributed by atoms with van der Waals surface area (Å²) in [5.74, 6) is 0.148. The molecule has 3 heteroatoms. The molecular formula is C15H24N2O. The van der Waals surface area contributed by atoms with E-state index in [4.69, 9.17) is 0 Å². The predicted octanol–water partition coefficient (Wildman–Crippen LogP) is 1.96. The second-order valence-corrected chi connectivity index (χ2v) is 4.80. The van der Waals surface area contributed by atoms with Gasteiger partial charge in [-0.3, -0.25) is 4.79 Å². The van der Waals surface area contributed by atoms with E-state index in [1.807, 2.05) is 7.05 Å². The van der Waals surface area contributed by atoms with Crippen molar-refractivity contribution in [2.24, 2.45) is 0 Å². The SMILES string of the molecule is CNCCCC(=O)NCCc1cc(C)cc(C)c1. The zero-order chi connectivity index (χ0) is 13.4. The van der Waals surface area contributed by atoms with Crippen molar-refractivity contribution in [3.8, 4) is 0 Å². The molecule has 0 saturated carbocycles. The Kier molecular flexibility index (Phi) is 6.44. The van der Waals surface area contributed by atoms with Gasteiger partial charge in [0.1, 0.15) is 0 Å². The summed E-state index contributed by atoms with van der Waals surface area (Å²) in [6, 6.07) is 6.53. The van der Waals surface area contributed by atoms with E-state index >= 15 is 0 Å². The molecular weight excluding hydrogens is 224 g/mol. The first-order chi connectivity index (χ1) is 8.61. The van der Waals surface area contributed by atoms with Gasteiger partial charge in [-0.15, -0.1) is 0 Å². The lowest BCUT2D eigenvalue weighted by molar-refractivity contribution is -0.121. The second kappa shape index (κ2) is 7.88. The number of aryl methyl sites for hydroxylation is 2. The van der Waals surface area contributed by atoms with Crippen molar-refractivity contribution in [2.75, 3.05) is 20.1 Å². The van der Waals surface area contributed by atoms with Gasteiger partial charge in [0, 0.05) is 13.0 Å². The number of amides is 1. The van der Waals surface area contributed by atoms with Crippen molar-refractivity contribution in [3.63, 3.8) is 0 Å². The molecule has 1 aromatic carbocycles. The standard InChI is InChI=1S/C15H24N2O/c1-12-9-13(2)11-14(10-12)6-8-17-15(18)5-4-7-16-3/h9-11,16H,4-8H2,1-3H3,(H,17,18). The van der Waals surface area contributed by atoms with Crippen molar-refractivity contribution < 1.29 is 4.79 Å². The third-order valence-electron chi connectivity index (χ3n) is 2.85. The summed E-state index contributed by atoms with van der Waals surface area (Å²) >= 11 is 0. The molecule has 0 radical (unpaired) electrons. The van der Waals surface area contributed by atoms with E-state index < -0.39 is 0 Å². The minimum absolute atomic E-state index is 0.148. The van der Waals surface area contributed by atoms with Gasteiger partial charge >= 0.3 is 0 Å². The summed E-state index contributed by atoms with van der Waals surface area (Å²) in [6.45, 7) is 5.82. The van der Waals surface area contributed by atoms with E-state index in [9.17, 15) is 4.79 Å². The van der Waals surface area contributed by atoms with E-state index in [0.29, 0.717) is 6.42 Å². The molecule has 0 unspecified atom stereocenters. The summed E-state index contributed by atoms with van der Waals surface area (Å²) in [5, 5.41) is 6.00. The van der Waals surface area contributed by atoms with Crippen molar-refractivity contribution in [3.05, 3.63) is 34.9 Å². The van der Waals surface area contributed by atoms with Gasteiger partial charge in [-0.25, -0.2) is 0 Å². The second-order valence-electron chi connectivity index (χ2n) is 4.80. The molecule has 0 aliphatic heterocycles. The molecule has 0 aliphatic carbocycles. The number of hydrogen-bond acceptors (Lipinski definition) is 2. The minimum atomic E-state index is 0.148. The number of rotatable bonds is 7. The van der Waals surface area contributed by atoms with Crippen LogP contribution in [0.5, 0.6) is 0 Å². The Labute approximate surface area is 110 Å². The number of carbonyl (C=O) groups excluding carboxylic acids is 1. The quantitative estimate of drug-likeness (QED) is 0.724. The van der Waals surface area contributed by atoms with Gasteiger partial charge in [0.2, 0.25) is 5.91 Å². The number of carbonyl (C=O) groups is 1. The minimum Gasteiger partial charge on any atom is -0.356 e. The van der Waals surface area contributed by atoms with E-state index in [1.165, 1.54) is 16.7 Å². The molecule has 0 aliphatic rings. The molecule has 1 amide bonds. The molecule has 1 rings (SSSR count). The molecule has 100 valence electrons. The molecule has 0 atom stereocenters. The molecule has 3 nitrogen and oxygen atoms in total. The smallest absolute Gasteiger partial charge is 0.220 e. The van der Waals surface area contributed by atoms with Crippen LogP contribution < -0.4 is 10.6 Å². The Morgan fingerprint density at radius 3 is 2.39 bits per heavy atom. The van der Waals surface area contributed by atoms with Crippen molar-refractivity contribution in [1.29, 1.82) is 0 Å². The summed E-state index contributed by atoms with van der Waals surface area (Å²) < 4.78 is 0. The van der Waals surface area contributed by atoms with Gasteiger partial charge in [-0.05, 0) is 45.8 Å². The Morgan fingerprint density at radius 1 is 1.11 bits per heavy atom. The summed E-state index contributed by atoms with van der Waals surface area (Å²) in [5.41, 5.74) is 3.86. The largest absolute Gasteiger partial charge is 0.356 e. The highest BCUT2D eigenvalue weighted by Crippen LogP contribution is 2.08. The van der Waals surface area contributed by atoms with Crippen LogP contribution in [-0.2, 0) is 11.2 Å². The fourth-order valence-electron chi connectivity index (χ4n) is 2.07. The molecule has 18 heavy (non-hydrogen) atoms. The van der Waals surface area contributed by atoms with E-state index in [0.717, 1.165) is 25.9 Å². The highest BCUT2D eigenvalue weighted by atomic mass is 16.1. The van der Waals surface area contributed by atoms with Gasteiger partial charge < -0.3 is 10.6 Å². The molecule has 0 heterocycles. The summed E-state index contributed by atoms with van der Waals surface area (Å²) in [4.78, 5) is 11.5. The Bertz CT molecular complexity index is 368. The van der Waals surface area contributed by atoms with E-state index in [-0.39, 0.29) is 5.91 Å². The lowest BCUT2D eigenvalue weighted by atomic mass is 10.1. The number of nitrogens with one attached hydrogen (secondary N) is 2. The molecule has 1 aromatic rings. The maximum Gasteiger partial charge on any atom is 0.220 e. The predicted molar refractivity (Wildman–Crippen MR) is 75.8 cm³/mol. The molecule has 2 N–H and O–H groups in total. The molecule has 0 spiro atoms. The first-order valence-corrected chi connectivity index (χ1v) is 6.60. The number of benzene rings is 1.